The van der Waals surface area contributed by atoms with Crippen molar-refractivity contribution in [2.45, 2.75) is 13.2 Å². The lowest BCUT2D eigenvalue weighted by Gasteiger charge is -2.14. The van der Waals surface area contributed by atoms with E-state index in [1.54, 1.807) is 25.5 Å². The molecule has 0 fully saturated rings. The number of halogens is 1. The molecular formula is C26H21IN2O5. The van der Waals surface area contributed by atoms with Crippen molar-refractivity contribution in [1.29, 1.82) is 0 Å². The molecule has 0 saturated heterocycles. The summed E-state index contributed by atoms with van der Waals surface area (Å²) in [6.07, 6.45) is 1.57. The number of nitrogens with zero attached hydrogens (tertiary/aromatic N) is 2. The van der Waals surface area contributed by atoms with Crippen LogP contribution in [0.1, 0.15) is 16.7 Å². The highest BCUT2D eigenvalue weighted by atomic mass is 127. The zero-order valence-corrected chi connectivity index (χ0v) is 20.5. The molecule has 0 aliphatic rings. The van der Waals surface area contributed by atoms with Gasteiger partial charge >= 0.3 is 0 Å². The fraction of sp³-hybridized carbons (Fsp3) is 0.115. The molecule has 0 aliphatic heterocycles. The fourth-order valence-corrected chi connectivity index (χ4v) is 4.27. The smallest absolute Gasteiger partial charge is 0.269 e. The second-order valence-corrected chi connectivity index (χ2v) is 8.56. The summed E-state index contributed by atoms with van der Waals surface area (Å²) in [6, 6.07) is 24.4. The average molecular weight is 568 g/mol. The van der Waals surface area contributed by atoms with Gasteiger partial charge in [0.05, 0.1) is 21.8 Å². The van der Waals surface area contributed by atoms with Gasteiger partial charge in [0.2, 0.25) is 0 Å². The van der Waals surface area contributed by atoms with E-state index in [-0.39, 0.29) is 12.3 Å². The van der Waals surface area contributed by atoms with Crippen LogP contribution in [0.4, 0.5) is 5.69 Å². The van der Waals surface area contributed by atoms with Gasteiger partial charge in [0.1, 0.15) is 13.2 Å². The summed E-state index contributed by atoms with van der Waals surface area (Å²) in [4.78, 5) is 15.8. The molecular weight excluding hydrogens is 547 g/mol. The van der Waals surface area contributed by atoms with Crippen LogP contribution in [0.5, 0.6) is 11.5 Å². The maximum atomic E-state index is 10.9. The van der Waals surface area contributed by atoms with E-state index in [2.05, 4.69) is 52.0 Å². The molecule has 0 atom stereocenters. The molecule has 8 heteroatoms. The Balaban J connectivity index is 1.44. The van der Waals surface area contributed by atoms with Gasteiger partial charge in [-0.2, -0.15) is 0 Å². The highest BCUT2D eigenvalue weighted by Gasteiger charge is 2.12. The predicted octanol–water partition coefficient (Wildman–Crippen LogP) is 6.49. The van der Waals surface area contributed by atoms with E-state index in [0.29, 0.717) is 23.7 Å². The summed E-state index contributed by atoms with van der Waals surface area (Å²) < 4.78 is 12.6. The van der Waals surface area contributed by atoms with Crippen LogP contribution >= 0.6 is 22.6 Å². The maximum Gasteiger partial charge on any atom is 0.269 e. The first-order valence-electron chi connectivity index (χ1n) is 10.4. The highest BCUT2D eigenvalue weighted by molar-refractivity contribution is 14.1. The van der Waals surface area contributed by atoms with Gasteiger partial charge in [0.25, 0.3) is 5.69 Å². The molecule has 0 aliphatic carbocycles. The Kier molecular flexibility index (Phi) is 7.58. The molecule has 0 amide bonds. The third-order valence-corrected chi connectivity index (χ3v) is 5.93. The third-order valence-electron chi connectivity index (χ3n) is 5.13. The zero-order chi connectivity index (χ0) is 23.9. The molecule has 172 valence electrons. The standard InChI is InChI=1S/C26H21IN2O5/c1-32-25-14-19(15-28-34-16-18-6-4-10-22(12-18)29(30)31)13-24(27)26(25)33-17-21-9-5-8-20-7-2-3-11-23(20)21/h2-15H,16-17H2,1H3/b28-15-. The number of oxime groups is 1. The summed E-state index contributed by atoms with van der Waals surface area (Å²) in [7, 11) is 1.59. The van der Waals surface area contributed by atoms with Crippen molar-refractivity contribution in [2.24, 2.45) is 5.16 Å². The number of hydrogen-bond donors (Lipinski definition) is 0. The van der Waals surface area contributed by atoms with Crippen LogP contribution in [0.25, 0.3) is 10.8 Å². The first kappa shape index (κ1) is 23.5. The van der Waals surface area contributed by atoms with Gasteiger partial charge in [0, 0.05) is 17.7 Å². The van der Waals surface area contributed by atoms with Crippen LogP contribution in [0.2, 0.25) is 0 Å². The average Bonchev–Trinajstić information content (AvgIpc) is 2.86. The lowest BCUT2D eigenvalue weighted by atomic mass is 10.1. The van der Waals surface area contributed by atoms with Gasteiger partial charge in [-0.25, -0.2) is 0 Å². The highest BCUT2D eigenvalue weighted by Crippen LogP contribution is 2.34. The molecule has 4 rings (SSSR count). The van der Waals surface area contributed by atoms with Crippen molar-refractivity contribution >= 4 is 45.3 Å². The molecule has 0 saturated carbocycles. The Hall–Kier alpha value is -3.66. The van der Waals surface area contributed by atoms with Gasteiger partial charge < -0.3 is 14.3 Å². The van der Waals surface area contributed by atoms with E-state index in [4.69, 9.17) is 14.3 Å². The minimum Gasteiger partial charge on any atom is -0.493 e. The van der Waals surface area contributed by atoms with Crippen molar-refractivity contribution in [2.75, 3.05) is 7.11 Å². The number of nitro benzene ring substituents is 1. The maximum absolute atomic E-state index is 10.9. The third kappa shape index (κ3) is 5.63. The first-order chi connectivity index (χ1) is 16.5. The molecule has 0 bridgehead atoms. The van der Waals surface area contributed by atoms with Crippen molar-refractivity contribution in [3.63, 3.8) is 0 Å². The largest absolute Gasteiger partial charge is 0.493 e. The number of methoxy groups -OCH3 is 1. The minimum absolute atomic E-state index is 0.0171. The van der Waals surface area contributed by atoms with Crippen molar-refractivity contribution in [3.05, 3.63) is 109 Å². The SMILES string of the molecule is COc1cc(/C=N\OCc2cccc([N+](=O)[O-])c2)cc(I)c1OCc1cccc2ccccc12. The Bertz CT molecular complexity index is 1350. The second kappa shape index (κ2) is 11.0. The number of fused-ring (bicyclic) bond motifs is 1. The van der Waals surface area contributed by atoms with Crippen LogP contribution in [0, 0.1) is 13.7 Å². The van der Waals surface area contributed by atoms with E-state index in [1.165, 1.54) is 17.5 Å². The molecule has 34 heavy (non-hydrogen) atoms. The Morgan fingerprint density at radius 1 is 1.00 bits per heavy atom. The Labute approximate surface area is 210 Å². The van der Waals surface area contributed by atoms with Gasteiger partial charge in [-0.1, -0.05) is 59.8 Å². The molecule has 0 unspecified atom stereocenters. The first-order valence-corrected chi connectivity index (χ1v) is 11.5. The van der Waals surface area contributed by atoms with E-state index >= 15 is 0 Å². The van der Waals surface area contributed by atoms with Crippen molar-refractivity contribution in [3.8, 4) is 11.5 Å². The lowest BCUT2D eigenvalue weighted by Crippen LogP contribution is -2.01. The quantitative estimate of drug-likeness (QED) is 0.0998. The zero-order valence-electron chi connectivity index (χ0n) is 18.3. The van der Waals surface area contributed by atoms with Crippen LogP contribution in [0.3, 0.4) is 0 Å². The van der Waals surface area contributed by atoms with Crippen LogP contribution in [-0.2, 0) is 18.1 Å². The molecule has 0 radical (unpaired) electrons. The monoisotopic (exact) mass is 568 g/mol. The summed E-state index contributed by atoms with van der Waals surface area (Å²) in [6.45, 7) is 0.534. The summed E-state index contributed by atoms with van der Waals surface area (Å²) in [5.41, 5.74) is 2.55. The van der Waals surface area contributed by atoms with Crippen molar-refractivity contribution in [1.82, 2.24) is 0 Å². The van der Waals surface area contributed by atoms with Gasteiger partial charge in [-0.3, -0.25) is 10.1 Å². The van der Waals surface area contributed by atoms with Crippen LogP contribution < -0.4 is 9.47 Å². The molecule has 4 aromatic rings. The lowest BCUT2D eigenvalue weighted by molar-refractivity contribution is -0.384. The molecule has 0 aromatic heterocycles. The van der Waals surface area contributed by atoms with Gasteiger partial charge in [-0.05, 0) is 56.6 Å². The molecule has 0 spiro atoms. The molecule has 0 heterocycles. The number of ether oxygens (including phenoxy) is 2. The number of non-ortho nitro benzene ring substituents is 1. The number of hydrogen-bond acceptors (Lipinski definition) is 6. The summed E-state index contributed by atoms with van der Waals surface area (Å²) in [5.74, 6) is 1.25. The van der Waals surface area contributed by atoms with Gasteiger partial charge in [-0.15, -0.1) is 0 Å². The number of nitro groups is 1. The topological polar surface area (TPSA) is 83.2 Å². The fourth-order valence-electron chi connectivity index (χ4n) is 3.49. The summed E-state index contributed by atoms with van der Waals surface area (Å²) in [5, 5.41) is 17.2. The van der Waals surface area contributed by atoms with E-state index < -0.39 is 4.92 Å². The van der Waals surface area contributed by atoms with Crippen LogP contribution in [0.15, 0.2) is 84.0 Å². The van der Waals surface area contributed by atoms with Crippen LogP contribution in [-0.4, -0.2) is 18.2 Å². The van der Waals surface area contributed by atoms with E-state index in [9.17, 15) is 10.1 Å². The van der Waals surface area contributed by atoms with Crippen molar-refractivity contribution < 1.29 is 19.2 Å². The Morgan fingerprint density at radius 3 is 2.62 bits per heavy atom. The molecule has 0 N–H and O–H groups in total. The van der Waals surface area contributed by atoms with E-state index in [0.717, 1.165) is 20.1 Å². The second-order valence-electron chi connectivity index (χ2n) is 7.40. The minimum atomic E-state index is -0.440. The molecule has 7 nitrogen and oxygen atoms in total. The predicted molar refractivity (Wildman–Crippen MR) is 139 cm³/mol. The Morgan fingerprint density at radius 2 is 1.79 bits per heavy atom. The van der Waals surface area contributed by atoms with Gasteiger partial charge in [0.15, 0.2) is 11.5 Å². The number of rotatable bonds is 9. The normalized spacial score (nSPS) is 11.0. The molecule has 4 aromatic carbocycles. The number of benzene rings is 4. The van der Waals surface area contributed by atoms with E-state index in [1.807, 2.05) is 30.3 Å². The summed E-state index contributed by atoms with van der Waals surface area (Å²) >= 11 is 2.20.